The van der Waals surface area contributed by atoms with Gasteiger partial charge < -0.3 is 4.90 Å². The van der Waals surface area contributed by atoms with Crippen LogP contribution in [-0.4, -0.2) is 8.07 Å². The lowest BCUT2D eigenvalue weighted by atomic mass is 9.48. The monoisotopic (exact) mass is 879 g/mol. The van der Waals surface area contributed by atoms with Gasteiger partial charge >= 0.3 is 0 Å². The first kappa shape index (κ1) is 40.5. The summed E-state index contributed by atoms with van der Waals surface area (Å²) in [4.78, 5) is 2.57. The molecule has 0 atom stereocenters. The summed E-state index contributed by atoms with van der Waals surface area (Å²) >= 11 is 0. The molecule has 67 heavy (non-hydrogen) atoms. The highest BCUT2D eigenvalue weighted by molar-refractivity contribution is 7.19. The number of hydrogen-bond donors (Lipinski definition) is 0. The highest BCUT2D eigenvalue weighted by atomic mass is 28.3. The molecule has 0 heterocycles. The number of rotatable bonds is 9. The smallest absolute Gasteiger partial charge is 0.179 e. The SMILES string of the molecule is CC1(C)c2ccccc2-c2c(-c3cccc4ccccc34)cc(N(c3ccc(C45CC6CC(CC(C6)C4)C5)cc3)c3ccc([Si](c4ccccc4)(c4ccccc4)c4ccccc4)cc3)cc21. The van der Waals surface area contributed by atoms with Crippen LogP contribution in [0.3, 0.4) is 0 Å². The highest BCUT2D eigenvalue weighted by Crippen LogP contribution is 2.61. The zero-order chi connectivity index (χ0) is 44.7. The molecule has 5 aliphatic carbocycles. The fourth-order valence-corrected chi connectivity index (χ4v) is 19.1. The quantitative estimate of drug-likeness (QED) is 0.103. The second kappa shape index (κ2) is 15.7. The Balaban J connectivity index is 1.03. The Kier molecular flexibility index (Phi) is 9.48. The molecule has 0 spiro atoms. The molecule has 0 radical (unpaired) electrons. The van der Waals surface area contributed by atoms with Crippen molar-refractivity contribution in [2.24, 2.45) is 17.8 Å². The summed E-state index contributed by atoms with van der Waals surface area (Å²) in [6.45, 7) is 4.85. The van der Waals surface area contributed by atoms with E-state index in [-0.39, 0.29) is 5.41 Å². The lowest BCUT2D eigenvalue weighted by molar-refractivity contribution is -0.00518. The third-order valence-corrected chi connectivity index (χ3v) is 21.8. The van der Waals surface area contributed by atoms with Crippen molar-refractivity contribution in [1.29, 1.82) is 0 Å². The molecule has 0 saturated heterocycles. The minimum atomic E-state index is -2.72. The number of fused-ring (bicyclic) bond motifs is 4. The van der Waals surface area contributed by atoms with E-state index in [1.807, 2.05) is 0 Å². The van der Waals surface area contributed by atoms with Crippen molar-refractivity contribution in [3.05, 3.63) is 235 Å². The van der Waals surface area contributed by atoms with Gasteiger partial charge in [-0.05, 0) is 169 Å². The van der Waals surface area contributed by atoms with Crippen molar-refractivity contribution in [2.75, 3.05) is 4.90 Å². The Labute approximate surface area is 397 Å². The van der Waals surface area contributed by atoms with E-state index in [1.54, 1.807) is 5.56 Å². The number of anilines is 3. The van der Waals surface area contributed by atoms with E-state index in [0.717, 1.165) is 17.8 Å². The lowest BCUT2D eigenvalue weighted by Crippen LogP contribution is -2.74. The number of hydrogen-bond acceptors (Lipinski definition) is 1. The first-order chi connectivity index (χ1) is 32.9. The number of benzene rings is 9. The van der Waals surface area contributed by atoms with E-state index in [9.17, 15) is 0 Å². The summed E-state index contributed by atoms with van der Waals surface area (Å²) in [6.07, 6.45) is 8.49. The molecule has 4 bridgehead atoms. The molecule has 326 valence electrons. The second-order valence-electron chi connectivity index (χ2n) is 21.1. The molecule has 0 N–H and O–H groups in total. The zero-order valence-corrected chi connectivity index (χ0v) is 39.7. The van der Waals surface area contributed by atoms with Crippen molar-refractivity contribution in [3.63, 3.8) is 0 Å². The normalized spacial score (nSPS) is 21.0. The van der Waals surface area contributed by atoms with Crippen LogP contribution < -0.4 is 25.6 Å². The molecular formula is C65H57NSi. The van der Waals surface area contributed by atoms with Crippen LogP contribution in [0.5, 0.6) is 0 Å². The molecule has 9 aromatic carbocycles. The predicted octanol–water partition coefficient (Wildman–Crippen LogP) is 14.1. The van der Waals surface area contributed by atoms with Crippen LogP contribution in [0.4, 0.5) is 17.1 Å². The van der Waals surface area contributed by atoms with Gasteiger partial charge in [0.2, 0.25) is 0 Å². The van der Waals surface area contributed by atoms with Crippen LogP contribution in [0.25, 0.3) is 33.0 Å². The molecule has 5 aliphatic rings. The van der Waals surface area contributed by atoms with Gasteiger partial charge in [0.15, 0.2) is 8.07 Å². The molecule has 0 amide bonds. The van der Waals surface area contributed by atoms with Crippen LogP contribution >= 0.6 is 0 Å². The Morgan fingerprint density at radius 1 is 0.403 bits per heavy atom. The molecule has 0 unspecified atom stereocenters. The van der Waals surface area contributed by atoms with E-state index in [1.165, 1.54) is 120 Å². The molecule has 4 fully saturated rings. The molecule has 2 heteroatoms. The second-order valence-corrected chi connectivity index (χ2v) is 24.9. The fraction of sp³-hybridized carbons (Fsp3) is 0.200. The molecule has 1 nitrogen and oxygen atoms in total. The average Bonchev–Trinajstić information content (AvgIpc) is 3.60. The van der Waals surface area contributed by atoms with Gasteiger partial charge in [0.25, 0.3) is 0 Å². The van der Waals surface area contributed by atoms with Crippen molar-refractivity contribution >= 4 is 56.7 Å². The molecular weight excluding hydrogens is 823 g/mol. The molecule has 4 saturated carbocycles. The van der Waals surface area contributed by atoms with Gasteiger partial charge in [-0.15, -0.1) is 0 Å². The first-order valence-electron chi connectivity index (χ1n) is 24.8. The molecule has 0 aromatic heterocycles. The summed E-state index contributed by atoms with van der Waals surface area (Å²) in [5.41, 5.74) is 13.3. The summed E-state index contributed by atoms with van der Waals surface area (Å²) in [7, 11) is -2.72. The fourth-order valence-electron chi connectivity index (χ4n) is 14.4. The van der Waals surface area contributed by atoms with Crippen molar-refractivity contribution in [1.82, 2.24) is 0 Å². The summed E-state index contributed by atoms with van der Waals surface area (Å²) < 4.78 is 0. The minimum absolute atomic E-state index is 0.189. The van der Waals surface area contributed by atoms with E-state index in [2.05, 4.69) is 237 Å². The third-order valence-electron chi connectivity index (χ3n) is 17.0. The third kappa shape index (κ3) is 6.40. The summed E-state index contributed by atoms with van der Waals surface area (Å²) in [5.74, 6) is 2.72. The van der Waals surface area contributed by atoms with Crippen molar-refractivity contribution in [2.45, 2.75) is 63.2 Å². The standard InChI is InChI=1S/C65H57NSi/c1-64(2)61-28-15-14-26-59(61)63-60(58-27-16-18-48-17-12-13-25-57(48)58)40-52(41-62(63)64)66(50-31-29-49(30-32-50)65-42-45-37-46(43-65)39-47(38-45)44-65)51-33-35-56(36-34-51)67(53-19-6-3-7-20-53,54-21-8-4-9-22-54)55-23-10-5-11-24-55/h3-36,40-41,45-47H,37-39,42-44H2,1-2H3. The highest BCUT2D eigenvalue weighted by Gasteiger charge is 2.51. The van der Waals surface area contributed by atoms with E-state index >= 15 is 0 Å². The summed E-state index contributed by atoms with van der Waals surface area (Å²) in [6, 6.07) is 83.6. The molecule has 14 rings (SSSR count). The number of nitrogens with zero attached hydrogens (tertiary/aromatic N) is 1. The van der Waals surface area contributed by atoms with E-state index < -0.39 is 8.07 Å². The van der Waals surface area contributed by atoms with Gasteiger partial charge in [-0.25, -0.2) is 0 Å². The van der Waals surface area contributed by atoms with Crippen LogP contribution in [0, 0.1) is 17.8 Å². The van der Waals surface area contributed by atoms with Crippen LogP contribution in [-0.2, 0) is 10.8 Å². The van der Waals surface area contributed by atoms with Gasteiger partial charge in [0.05, 0.1) is 0 Å². The average molecular weight is 880 g/mol. The van der Waals surface area contributed by atoms with Crippen LogP contribution in [0.2, 0.25) is 0 Å². The van der Waals surface area contributed by atoms with Gasteiger partial charge in [0, 0.05) is 22.5 Å². The summed E-state index contributed by atoms with van der Waals surface area (Å²) in [5, 5.41) is 8.08. The lowest BCUT2D eigenvalue weighted by Gasteiger charge is -2.57. The van der Waals surface area contributed by atoms with Gasteiger partial charge in [-0.1, -0.05) is 196 Å². The van der Waals surface area contributed by atoms with E-state index in [4.69, 9.17) is 0 Å². The van der Waals surface area contributed by atoms with Crippen LogP contribution in [0.15, 0.2) is 218 Å². The minimum Gasteiger partial charge on any atom is -0.310 e. The van der Waals surface area contributed by atoms with Crippen LogP contribution in [0.1, 0.15) is 69.1 Å². The predicted molar refractivity (Wildman–Crippen MR) is 285 cm³/mol. The van der Waals surface area contributed by atoms with Crippen molar-refractivity contribution < 1.29 is 0 Å². The Morgan fingerprint density at radius 2 is 0.881 bits per heavy atom. The topological polar surface area (TPSA) is 3.24 Å². The Morgan fingerprint density at radius 3 is 1.48 bits per heavy atom. The van der Waals surface area contributed by atoms with Gasteiger partial charge in [-0.3, -0.25) is 0 Å². The Bertz CT molecular complexity index is 3140. The zero-order valence-electron chi connectivity index (χ0n) is 38.7. The van der Waals surface area contributed by atoms with Crippen molar-refractivity contribution in [3.8, 4) is 22.3 Å². The largest absolute Gasteiger partial charge is 0.310 e. The first-order valence-corrected chi connectivity index (χ1v) is 26.8. The van der Waals surface area contributed by atoms with Gasteiger partial charge in [0.1, 0.15) is 0 Å². The maximum Gasteiger partial charge on any atom is 0.179 e. The maximum atomic E-state index is 2.57. The molecule has 0 aliphatic heterocycles. The van der Waals surface area contributed by atoms with E-state index in [0.29, 0.717) is 5.41 Å². The molecule has 9 aromatic rings. The Hall–Kier alpha value is -6.74. The maximum absolute atomic E-state index is 2.72. The van der Waals surface area contributed by atoms with Gasteiger partial charge in [-0.2, -0.15) is 0 Å².